The van der Waals surface area contributed by atoms with Gasteiger partial charge in [0, 0.05) is 41.3 Å². The van der Waals surface area contributed by atoms with E-state index in [1.165, 1.54) is 61.9 Å². The third kappa shape index (κ3) is 9.36. The first-order valence-electron chi connectivity index (χ1n) is 17.4. The van der Waals surface area contributed by atoms with E-state index in [0.717, 1.165) is 24.9 Å². The monoisotopic (exact) mass is 803 g/mol. The average Bonchev–Trinajstić information content (AvgIpc) is 3.59. The fourth-order valence-electron chi connectivity index (χ4n) is 5.66. The van der Waals surface area contributed by atoms with Crippen LogP contribution in [0.5, 0.6) is 0 Å². The van der Waals surface area contributed by atoms with Crippen molar-refractivity contribution in [3.63, 3.8) is 0 Å². The topological polar surface area (TPSA) is 143 Å². The van der Waals surface area contributed by atoms with Crippen molar-refractivity contribution in [2.24, 2.45) is 5.41 Å². The van der Waals surface area contributed by atoms with Gasteiger partial charge in [0.25, 0.3) is 18.3 Å². The lowest BCUT2D eigenvalue weighted by Gasteiger charge is -2.33. The van der Waals surface area contributed by atoms with Crippen molar-refractivity contribution in [3.8, 4) is 22.5 Å². The molecule has 296 valence electrons. The first-order valence-corrected chi connectivity index (χ1v) is 17.8. The van der Waals surface area contributed by atoms with Gasteiger partial charge in [0.2, 0.25) is 0 Å². The number of halogens is 7. The number of carbonyl (C=O) groups is 2. The Morgan fingerprint density at radius 2 is 1.75 bits per heavy atom. The van der Waals surface area contributed by atoms with Crippen molar-refractivity contribution >= 4 is 53.1 Å². The number of amides is 2. The maximum absolute atomic E-state index is 14.5. The van der Waals surface area contributed by atoms with Crippen molar-refractivity contribution in [1.29, 1.82) is 5.41 Å². The highest BCUT2D eigenvalue weighted by Crippen LogP contribution is 2.62. The molecule has 0 bridgehead atoms. The van der Waals surface area contributed by atoms with Gasteiger partial charge in [-0.3, -0.25) is 19.8 Å². The number of hydrogen-bond donors (Lipinski definition) is 3. The second kappa shape index (κ2) is 15.9. The first-order chi connectivity index (χ1) is 26.0. The normalized spacial score (nSPS) is 17.1. The summed E-state index contributed by atoms with van der Waals surface area (Å²) in [6.45, 7) is -0.106. The molecule has 1 fully saturated rings. The third-order valence-corrected chi connectivity index (χ3v) is 9.84. The molecule has 1 aliphatic carbocycles. The molecule has 22 heteroatoms. The Morgan fingerprint density at radius 3 is 2.30 bits per heavy atom. The van der Waals surface area contributed by atoms with Crippen LogP contribution in [0.2, 0.25) is 5.02 Å². The summed E-state index contributed by atoms with van der Waals surface area (Å²) in [5.74, 6) is -4.06. The van der Waals surface area contributed by atoms with Crippen molar-refractivity contribution in [2.45, 2.75) is 69.3 Å². The lowest BCUT2D eigenvalue weighted by Crippen LogP contribution is -2.51. The van der Waals surface area contributed by atoms with Gasteiger partial charge in [0.05, 0.1) is 22.8 Å². The van der Waals surface area contributed by atoms with E-state index in [4.69, 9.17) is 21.7 Å². The van der Waals surface area contributed by atoms with Gasteiger partial charge in [-0.05, 0) is 60.9 Å². The summed E-state index contributed by atoms with van der Waals surface area (Å²) >= 11 is 6.61. The van der Waals surface area contributed by atoms with E-state index in [9.17, 15) is 35.9 Å². The van der Waals surface area contributed by atoms with Crippen molar-refractivity contribution in [1.82, 2.24) is 40.1 Å². The number of benzene rings is 2. The van der Waals surface area contributed by atoms with E-state index >= 15 is 0 Å². The summed E-state index contributed by atoms with van der Waals surface area (Å²) in [5, 5.41) is 21.9. The highest BCUT2D eigenvalue weighted by atomic mass is 35.5. The van der Waals surface area contributed by atoms with Gasteiger partial charge in [-0.25, -0.2) is 32.0 Å². The van der Waals surface area contributed by atoms with Crippen LogP contribution in [0.25, 0.3) is 22.5 Å². The molecule has 1 saturated carbocycles. The zero-order chi connectivity index (χ0) is 41.4. The van der Waals surface area contributed by atoms with Gasteiger partial charge < -0.3 is 15.4 Å². The quantitative estimate of drug-likeness (QED) is 0.0750. The lowest BCUT2D eigenvalue weighted by molar-refractivity contribution is 0.0402. The molecule has 2 heterocycles. The van der Waals surface area contributed by atoms with Gasteiger partial charge in [-0.15, -0.1) is 0 Å². The Kier molecular flexibility index (Phi) is 12.0. The number of aromatic nitrogens is 5. The number of nitrogens with zero attached hydrogens (tertiary/aromatic N) is 6. The summed E-state index contributed by atoms with van der Waals surface area (Å²) in [6.07, 6.45) is -0.737. The number of rotatable bonds is 14. The van der Waals surface area contributed by atoms with Gasteiger partial charge in [-0.2, -0.15) is 19.0 Å². The van der Waals surface area contributed by atoms with E-state index in [1.54, 1.807) is 4.68 Å². The minimum absolute atomic E-state index is 0.00435. The third-order valence-electron chi connectivity index (χ3n) is 9.51. The van der Waals surface area contributed by atoms with E-state index in [2.05, 4.69) is 25.8 Å². The molecule has 12 nitrogen and oxygen atoms in total. The Balaban J connectivity index is 1.55. The number of carbonyl (C=O) groups excluding carboxylic acids is 2. The van der Waals surface area contributed by atoms with Crippen LogP contribution in [0.3, 0.4) is 0 Å². The van der Waals surface area contributed by atoms with Crippen molar-refractivity contribution in [2.75, 3.05) is 13.2 Å². The fraction of sp³-hybridized carbons (Fsp3) is 0.412. The number of guanidine groups is 1. The Labute approximate surface area is 326 Å². The predicted molar refractivity (Wildman–Crippen MR) is 204 cm³/mol. The van der Waals surface area contributed by atoms with Gasteiger partial charge in [-0.1, -0.05) is 36.7 Å². The number of alkyl halides is 6. The highest BCUT2D eigenvalue weighted by molar-refractivity contribution is 6.56. The summed E-state index contributed by atoms with van der Waals surface area (Å²) < 4.78 is 89.3. The highest BCUT2D eigenvalue weighted by Gasteiger charge is 2.67. The van der Waals surface area contributed by atoms with Crippen molar-refractivity contribution in [3.05, 3.63) is 77.3 Å². The van der Waals surface area contributed by atoms with Gasteiger partial charge in [0.15, 0.2) is 11.8 Å². The van der Waals surface area contributed by atoms with E-state index in [0.29, 0.717) is 21.4 Å². The molecule has 2 aromatic carbocycles. The largest absolute Gasteiger partial charge is 0.447 e. The minimum atomic E-state index is -2.96. The second-order valence-corrected chi connectivity index (χ2v) is 15.8. The van der Waals surface area contributed by atoms with E-state index < -0.39 is 65.7 Å². The van der Waals surface area contributed by atoms with Crippen LogP contribution in [0.4, 0.5) is 31.1 Å². The molecule has 56 heavy (non-hydrogen) atoms. The molecule has 0 radical (unpaired) electrons. The minimum Gasteiger partial charge on any atom is -0.447 e. The smallest absolute Gasteiger partial charge is 0.407 e. The molecule has 2 atom stereocenters. The molecule has 1 aliphatic rings. The SMILES string of the molecule is BC(B)(B)n1cnc(-c2cc([C@@H](COC(=O)NC(C)(C)C(F)F)N(C(=N)NCC[C@@]3(C)CC3(F)F)C(=O)c3ccc(-c4cnn(C(F)F)c4)cc3)ccc2Cl)n1. The Bertz CT molecular complexity index is 2080. The first kappa shape index (κ1) is 42.2. The van der Waals surface area contributed by atoms with Gasteiger partial charge in [0.1, 0.15) is 36.5 Å². The Hall–Kier alpha value is -4.94. The summed E-state index contributed by atoms with van der Waals surface area (Å²) in [6, 6.07) is 8.90. The lowest BCUT2D eigenvalue weighted by atomic mass is 9.49. The number of nitrogens with one attached hydrogen (secondary N) is 3. The van der Waals surface area contributed by atoms with Crippen LogP contribution in [0.1, 0.15) is 62.1 Å². The molecular weight excluding hydrogens is 764 g/mol. The second-order valence-electron chi connectivity index (χ2n) is 15.4. The molecule has 5 rings (SSSR count). The molecule has 0 aliphatic heterocycles. The molecule has 2 aromatic heterocycles. The van der Waals surface area contributed by atoms with Crippen molar-refractivity contribution < 1.29 is 40.7 Å². The fourth-order valence-corrected chi connectivity index (χ4v) is 5.86. The zero-order valence-corrected chi connectivity index (χ0v) is 32.1. The van der Waals surface area contributed by atoms with E-state index in [1.807, 2.05) is 23.5 Å². The van der Waals surface area contributed by atoms with E-state index in [-0.39, 0.29) is 41.4 Å². The standard InChI is InChI=1S/C34H39B3ClF6N9O3/c1-31(2,27(39)40)49-30(55)56-15-24(20-8-9-23(38)22(12-20)25-47-17-52(50-25)34(35,36)37)53(29(45)46-11-10-32(3)16-33(32,43)44)26(54)19-6-4-18(5-7-19)21-13-48-51(14-21)28(41)42/h4-9,12-14,17,24,27-28H,10-11,15-16,35-37H2,1-3H3,(H2,45,46)(H,49,55)/t24-,32+/m1/s1. The molecular formula is C34H39B3ClF6N9O3. The van der Waals surface area contributed by atoms with Crippen LogP contribution < -0.4 is 10.6 Å². The molecule has 3 N–H and O–H groups in total. The van der Waals surface area contributed by atoms with Crippen LogP contribution in [0, 0.1) is 10.8 Å². The molecule has 0 spiro atoms. The summed E-state index contributed by atoms with van der Waals surface area (Å²) in [7, 11) is 5.73. The summed E-state index contributed by atoms with van der Waals surface area (Å²) in [4.78, 5) is 32.8. The zero-order valence-electron chi connectivity index (χ0n) is 31.4. The number of alkyl carbamates (subject to hydrolysis) is 1. The van der Waals surface area contributed by atoms with Gasteiger partial charge >= 0.3 is 12.6 Å². The van der Waals surface area contributed by atoms with Crippen LogP contribution >= 0.6 is 11.6 Å². The maximum atomic E-state index is 14.5. The number of ether oxygens (including phenoxy) is 1. The summed E-state index contributed by atoms with van der Waals surface area (Å²) in [5.41, 5.74) is -1.98. The molecule has 2 amide bonds. The molecule has 4 aromatic rings. The maximum Gasteiger partial charge on any atom is 0.407 e. The molecule has 0 unspecified atom stereocenters. The predicted octanol–water partition coefficient (Wildman–Crippen LogP) is 4.24. The molecule has 0 saturated heterocycles. The number of hydrogen-bond acceptors (Lipinski definition) is 7. The van der Waals surface area contributed by atoms with Crippen LogP contribution in [-0.2, 0) is 9.97 Å². The van der Waals surface area contributed by atoms with Crippen LogP contribution in [-0.4, -0.2) is 102 Å². The Morgan fingerprint density at radius 1 is 1.09 bits per heavy atom. The average molecular weight is 804 g/mol. The van der Waals surface area contributed by atoms with Crippen LogP contribution in [0.15, 0.2) is 61.2 Å².